The third kappa shape index (κ3) is 36.8. The maximum atomic E-state index is 12.4. The van der Waals surface area contributed by atoms with Gasteiger partial charge in [0.05, 0.1) is 6.61 Å². The van der Waals surface area contributed by atoms with Gasteiger partial charge in [0.25, 0.3) is 0 Å². The van der Waals surface area contributed by atoms with Gasteiger partial charge >= 0.3 is 19.8 Å². The minimum absolute atomic E-state index is 0.197. The molecule has 0 unspecified atom stereocenters. The van der Waals surface area contributed by atoms with E-state index in [-0.39, 0.29) is 19.4 Å². The fourth-order valence-corrected chi connectivity index (χ4v) is 5.39. The van der Waals surface area contributed by atoms with Crippen LogP contribution < -0.4 is 0 Å². The van der Waals surface area contributed by atoms with E-state index in [0.29, 0.717) is 12.8 Å². The van der Waals surface area contributed by atoms with Gasteiger partial charge < -0.3 is 19.3 Å². The summed E-state index contributed by atoms with van der Waals surface area (Å²) in [5.74, 6) is -0.917. The second kappa shape index (κ2) is 34.9. The van der Waals surface area contributed by atoms with Crippen LogP contribution >= 0.6 is 7.82 Å². The van der Waals surface area contributed by atoms with Crippen LogP contribution in [0, 0.1) is 0 Å². The summed E-state index contributed by atoms with van der Waals surface area (Å²) in [6.45, 7) is 3.53. The lowest BCUT2D eigenvalue weighted by molar-refractivity contribution is -0.161. The minimum atomic E-state index is -4.76. The smallest absolute Gasteiger partial charge is 0.462 e. The van der Waals surface area contributed by atoms with E-state index in [9.17, 15) is 14.2 Å². The number of allylic oxidation sites excluding steroid dienone is 8. The Kier molecular flexibility index (Phi) is 33.4. The average Bonchev–Trinajstić information content (AvgIpc) is 3.05. The zero-order chi connectivity index (χ0) is 35.4. The number of ether oxygens (including phenoxy) is 2. The number of hydrogen-bond acceptors (Lipinski definition) is 6. The highest BCUT2D eigenvalue weighted by Crippen LogP contribution is 2.36. The Bertz CT molecular complexity index is 921. The number of hydrogen-bond donors (Lipinski definition) is 2. The summed E-state index contributed by atoms with van der Waals surface area (Å²) in [7, 11) is -4.76. The molecule has 0 bridgehead atoms. The Morgan fingerprint density at radius 3 is 1.52 bits per heavy atom. The number of phosphoric ester groups is 1. The highest BCUT2D eigenvalue weighted by Gasteiger charge is 2.22. The number of carbonyl (C=O) groups excluding carboxylic acids is 2. The molecule has 278 valence electrons. The molecule has 9 heteroatoms. The number of carbonyl (C=O) groups is 2. The Hall–Kier alpha value is -1.99. The molecule has 0 amide bonds. The summed E-state index contributed by atoms with van der Waals surface area (Å²) in [4.78, 5) is 42.7. The number of rotatable bonds is 34. The van der Waals surface area contributed by atoms with Crippen LogP contribution in [0.5, 0.6) is 0 Å². The van der Waals surface area contributed by atoms with Crippen LogP contribution in [0.15, 0.2) is 48.6 Å². The molecule has 0 aliphatic heterocycles. The summed E-state index contributed by atoms with van der Waals surface area (Å²) < 4.78 is 26.3. The third-order valence-corrected chi connectivity index (χ3v) is 8.32. The van der Waals surface area contributed by atoms with Gasteiger partial charge in [-0.15, -0.1) is 0 Å². The maximum absolute atomic E-state index is 12.4. The highest BCUT2D eigenvalue weighted by molar-refractivity contribution is 7.46. The van der Waals surface area contributed by atoms with E-state index in [0.717, 1.165) is 83.5 Å². The van der Waals surface area contributed by atoms with E-state index in [1.54, 1.807) is 0 Å². The van der Waals surface area contributed by atoms with E-state index >= 15 is 0 Å². The first kappa shape index (κ1) is 46.0. The Balaban J connectivity index is 4.01. The molecule has 2 N–H and O–H groups in total. The molecule has 0 saturated heterocycles. The number of esters is 2. The third-order valence-electron chi connectivity index (χ3n) is 7.83. The van der Waals surface area contributed by atoms with Gasteiger partial charge in [0.1, 0.15) is 6.61 Å². The first-order valence-electron chi connectivity index (χ1n) is 18.9. The summed E-state index contributed by atoms with van der Waals surface area (Å²) >= 11 is 0. The van der Waals surface area contributed by atoms with Crippen molar-refractivity contribution in [3.63, 3.8) is 0 Å². The van der Waals surface area contributed by atoms with Crippen molar-refractivity contribution in [1.82, 2.24) is 0 Å². The Morgan fingerprint density at radius 2 is 1.00 bits per heavy atom. The van der Waals surface area contributed by atoms with Crippen LogP contribution in [0.2, 0.25) is 0 Å². The number of phosphoric acid groups is 1. The van der Waals surface area contributed by atoms with Gasteiger partial charge in [-0.25, -0.2) is 4.57 Å². The predicted octanol–water partition coefficient (Wildman–Crippen LogP) is 11.2. The Labute approximate surface area is 293 Å². The molecule has 0 aromatic carbocycles. The molecule has 1 atom stereocenters. The standard InChI is InChI=1S/C39H69O8P/c1-3-5-7-9-11-13-15-17-19-21-23-25-27-29-31-33-38(40)45-35-37(36-46-48(42,43)44)47-39(41)34-32-30-28-26-24-22-20-18-16-14-12-10-8-6-4-2/h5,7,11,13,17-20,37H,3-4,6,8-10,12,14-16,21-36H2,1-2H3,(H2,42,43,44)/b7-5-,13-11-,19-17-,20-18-/t37-/m1/s1. The van der Waals surface area contributed by atoms with Crippen LogP contribution in [0.4, 0.5) is 0 Å². The molecule has 0 aliphatic carbocycles. The van der Waals surface area contributed by atoms with Crippen molar-refractivity contribution in [3.05, 3.63) is 48.6 Å². The second-order valence-electron chi connectivity index (χ2n) is 12.5. The molecule has 0 spiro atoms. The molecule has 8 nitrogen and oxygen atoms in total. The van der Waals surface area contributed by atoms with Crippen LogP contribution in [0.3, 0.4) is 0 Å². The SMILES string of the molecule is CC/C=C\C/C=C\C/C=C\CCCCCCCC(=O)OC[C@H](COP(=O)(O)O)OC(=O)CCCCCCC/C=C\CCCCCCCC. The Morgan fingerprint density at radius 1 is 0.562 bits per heavy atom. The van der Waals surface area contributed by atoms with Crippen LogP contribution in [0.1, 0.15) is 168 Å². The van der Waals surface area contributed by atoms with E-state index in [1.807, 2.05) is 0 Å². The lowest BCUT2D eigenvalue weighted by Gasteiger charge is -2.18. The van der Waals surface area contributed by atoms with E-state index in [1.165, 1.54) is 44.9 Å². The van der Waals surface area contributed by atoms with Crippen molar-refractivity contribution in [2.75, 3.05) is 13.2 Å². The van der Waals surface area contributed by atoms with Crippen molar-refractivity contribution >= 4 is 19.8 Å². The fraction of sp³-hybridized carbons (Fsp3) is 0.744. The second-order valence-corrected chi connectivity index (χ2v) is 13.8. The molecule has 0 aliphatic rings. The van der Waals surface area contributed by atoms with Crippen molar-refractivity contribution in [2.45, 2.75) is 174 Å². The molecule has 0 aromatic heterocycles. The summed E-state index contributed by atoms with van der Waals surface area (Å²) in [6.07, 6.45) is 41.1. The van der Waals surface area contributed by atoms with E-state index < -0.39 is 32.5 Å². The average molecular weight is 697 g/mol. The zero-order valence-electron chi connectivity index (χ0n) is 30.4. The molecule has 0 saturated carbocycles. The molecule has 0 heterocycles. The lowest BCUT2D eigenvalue weighted by atomic mass is 10.1. The van der Waals surface area contributed by atoms with Crippen molar-refractivity contribution in [2.24, 2.45) is 0 Å². The monoisotopic (exact) mass is 696 g/mol. The molecule has 0 aromatic rings. The summed E-state index contributed by atoms with van der Waals surface area (Å²) in [5.41, 5.74) is 0. The van der Waals surface area contributed by atoms with Crippen molar-refractivity contribution in [1.29, 1.82) is 0 Å². The molecular weight excluding hydrogens is 627 g/mol. The van der Waals surface area contributed by atoms with Crippen molar-refractivity contribution in [3.8, 4) is 0 Å². The lowest BCUT2D eigenvalue weighted by Crippen LogP contribution is -2.29. The van der Waals surface area contributed by atoms with Crippen LogP contribution in [-0.2, 0) is 28.2 Å². The first-order chi connectivity index (χ1) is 23.3. The molecule has 0 fully saturated rings. The normalized spacial score (nSPS) is 13.0. The van der Waals surface area contributed by atoms with Gasteiger partial charge in [0.15, 0.2) is 6.10 Å². The van der Waals surface area contributed by atoms with Crippen molar-refractivity contribution < 1.29 is 37.9 Å². The molecule has 0 radical (unpaired) electrons. The summed E-state index contributed by atoms with van der Waals surface area (Å²) in [6, 6.07) is 0. The van der Waals surface area contributed by atoms with Gasteiger partial charge in [0.2, 0.25) is 0 Å². The zero-order valence-corrected chi connectivity index (χ0v) is 31.3. The quantitative estimate of drug-likeness (QED) is 0.0295. The molecule has 48 heavy (non-hydrogen) atoms. The summed E-state index contributed by atoms with van der Waals surface area (Å²) in [5, 5.41) is 0. The predicted molar refractivity (Wildman–Crippen MR) is 198 cm³/mol. The van der Waals surface area contributed by atoms with Crippen LogP contribution in [0.25, 0.3) is 0 Å². The van der Waals surface area contributed by atoms with Crippen LogP contribution in [-0.4, -0.2) is 41.0 Å². The topological polar surface area (TPSA) is 119 Å². The minimum Gasteiger partial charge on any atom is -0.462 e. The number of unbranched alkanes of at least 4 members (excludes halogenated alkanes) is 16. The van der Waals surface area contributed by atoms with E-state index in [2.05, 4.69) is 67.0 Å². The van der Waals surface area contributed by atoms with Gasteiger partial charge in [-0.05, 0) is 70.6 Å². The van der Waals surface area contributed by atoms with Gasteiger partial charge in [0, 0.05) is 12.8 Å². The molecule has 0 rings (SSSR count). The van der Waals surface area contributed by atoms with Gasteiger partial charge in [-0.3, -0.25) is 14.1 Å². The van der Waals surface area contributed by atoms with Gasteiger partial charge in [-0.1, -0.05) is 133 Å². The first-order valence-corrected chi connectivity index (χ1v) is 20.5. The molecular formula is C39H69O8P. The van der Waals surface area contributed by atoms with Gasteiger partial charge in [-0.2, -0.15) is 0 Å². The highest BCUT2D eigenvalue weighted by atomic mass is 31.2. The largest absolute Gasteiger partial charge is 0.469 e. The van der Waals surface area contributed by atoms with E-state index in [4.69, 9.17) is 19.3 Å². The maximum Gasteiger partial charge on any atom is 0.469 e. The fourth-order valence-electron chi connectivity index (χ4n) is 5.03.